The normalized spacial score (nSPS) is 21.7. The number of fused-ring (bicyclic) bond motifs is 2. The van der Waals surface area contributed by atoms with Crippen LogP contribution in [0.1, 0.15) is 47.7 Å². The number of hydrogen-bond acceptors (Lipinski definition) is 5. The van der Waals surface area contributed by atoms with Crippen molar-refractivity contribution in [2.24, 2.45) is 5.41 Å². The number of hydrogen-bond donors (Lipinski definition) is 1. The SMILES string of the molecule is CC1(C(=O)Nc2nc(-c3ccc(F)c4ccccc34)cs2)CC2c3ncccc3C1c1cccnc12. The molecular weight excluding hydrogens is 471 g/mol. The zero-order chi connectivity index (χ0) is 24.4. The second-order valence-corrected chi connectivity index (χ2v) is 10.6. The topological polar surface area (TPSA) is 67.8 Å². The number of rotatable bonds is 3. The van der Waals surface area contributed by atoms with E-state index in [2.05, 4.69) is 27.4 Å². The van der Waals surface area contributed by atoms with E-state index in [-0.39, 0.29) is 23.6 Å². The van der Waals surface area contributed by atoms with Gasteiger partial charge in [0.15, 0.2) is 5.13 Å². The smallest absolute Gasteiger partial charge is 0.233 e. The number of aromatic nitrogens is 3. The molecule has 0 aliphatic heterocycles. The van der Waals surface area contributed by atoms with Crippen LogP contribution < -0.4 is 5.32 Å². The molecule has 2 bridgehead atoms. The number of anilines is 1. The van der Waals surface area contributed by atoms with Crippen molar-refractivity contribution in [3.8, 4) is 11.3 Å². The molecule has 3 aromatic heterocycles. The third kappa shape index (κ3) is 2.99. The standard InChI is InChI=1S/C29H21FN4OS/c1-29(14-21-25-19(8-4-12-31-25)24(29)20-9-5-13-32-26(20)21)27(35)34-28-33-23(15-36-28)18-10-11-22(30)17-7-3-2-6-16(17)18/h2-13,15,21,24H,14H2,1H3,(H,33,34,35). The first-order valence-electron chi connectivity index (χ1n) is 11.9. The summed E-state index contributed by atoms with van der Waals surface area (Å²) in [6, 6.07) is 18.6. The number of benzene rings is 2. The average molecular weight is 493 g/mol. The molecule has 176 valence electrons. The Kier molecular flexibility index (Phi) is 4.60. The molecule has 1 N–H and O–H groups in total. The predicted octanol–water partition coefficient (Wildman–Crippen LogP) is 6.52. The van der Waals surface area contributed by atoms with E-state index in [0.29, 0.717) is 22.6 Å². The van der Waals surface area contributed by atoms with E-state index in [9.17, 15) is 9.18 Å². The molecule has 3 heterocycles. The van der Waals surface area contributed by atoms with E-state index in [1.807, 2.05) is 55.0 Å². The van der Waals surface area contributed by atoms with Gasteiger partial charge in [0.1, 0.15) is 5.82 Å². The Morgan fingerprint density at radius 3 is 2.39 bits per heavy atom. The molecule has 1 unspecified atom stereocenters. The monoisotopic (exact) mass is 492 g/mol. The Hall–Kier alpha value is -3.97. The van der Waals surface area contributed by atoms with E-state index in [1.54, 1.807) is 12.1 Å². The van der Waals surface area contributed by atoms with Crippen LogP contribution in [-0.2, 0) is 4.79 Å². The lowest BCUT2D eigenvalue weighted by Gasteiger charge is -2.49. The second kappa shape index (κ2) is 7.77. The van der Waals surface area contributed by atoms with Crippen molar-refractivity contribution in [2.45, 2.75) is 25.2 Å². The van der Waals surface area contributed by atoms with Crippen LogP contribution >= 0.6 is 11.3 Å². The highest BCUT2D eigenvalue weighted by atomic mass is 32.1. The fourth-order valence-electron chi connectivity index (χ4n) is 6.05. The summed E-state index contributed by atoms with van der Waals surface area (Å²) in [5.41, 5.74) is 5.13. The van der Waals surface area contributed by atoms with Gasteiger partial charge in [0, 0.05) is 40.6 Å². The number of amides is 1. The molecule has 5 aromatic rings. The third-order valence-electron chi connectivity index (χ3n) is 7.68. The Bertz CT molecular complexity index is 1630. The van der Waals surface area contributed by atoms with Gasteiger partial charge < -0.3 is 5.32 Å². The highest BCUT2D eigenvalue weighted by Crippen LogP contribution is 2.60. The fourth-order valence-corrected chi connectivity index (χ4v) is 6.76. The number of nitrogens with zero attached hydrogens (tertiary/aromatic N) is 3. The summed E-state index contributed by atoms with van der Waals surface area (Å²) in [7, 11) is 0. The molecule has 3 aliphatic carbocycles. The lowest BCUT2D eigenvalue weighted by Crippen LogP contribution is -2.47. The zero-order valence-electron chi connectivity index (χ0n) is 19.4. The summed E-state index contributed by atoms with van der Waals surface area (Å²) in [5, 5.41) is 6.89. The maximum absolute atomic E-state index is 14.3. The number of halogens is 1. The number of carbonyl (C=O) groups excluding carboxylic acids is 1. The highest BCUT2D eigenvalue weighted by Gasteiger charge is 2.55. The molecule has 0 spiro atoms. The molecule has 0 saturated carbocycles. The van der Waals surface area contributed by atoms with Crippen LogP contribution in [0, 0.1) is 11.2 Å². The first kappa shape index (κ1) is 21.3. The van der Waals surface area contributed by atoms with Crippen LogP contribution in [0.25, 0.3) is 22.0 Å². The Morgan fingerprint density at radius 1 is 0.972 bits per heavy atom. The van der Waals surface area contributed by atoms with Crippen LogP contribution in [0.15, 0.2) is 78.4 Å². The molecule has 5 nitrogen and oxygen atoms in total. The predicted molar refractivity (Wildman–Crippen MR) is 139 cm³/mol. The number of pyridine rings is 2. The minimum Gasteiger partial charge on any atom is -0.301 e. The lowest BCUT2D eigenvalue weighted by atomic mass is 9.54. The minimum atomic E-state index is -0.675. The Labute approximate surface area is 211 Å². The minimum absolute atomic E-state index is 0.0180. The molecule has 0 fully saturated rings. The molecule has 36 heavy (non-hydrogen) atoms. The van der Waals surface area contributed by atoms with E-state index in [0.717, 1.165) is 33.5 Å². The number of nitrogens with one attached hydrogen (secondary N) is 1. The third-order valence-corrected chi connectivity index (χ3v) is 8.44. The van der Waals surface area contributed by atoms with Gasteiger partial charge in [-0.05, 0) is 54.1 Å². The van der Waals surface area contributed by atoms with Crippen LogP contribution in [0.3, 0.4) is 0 Å². The van der Waals surface area contributed by atoms with Gasteiger partial charge in [0.05, 0.1) is 22.5 Å². The second-order valence-electron chi connectivity index (χ2n) is 9.70. The highest BCUT2D eigenvalue weighted by molar-refractivity contribution is 7.14. The van der Waals surface area contributed by atoms with Crippen molar-refractivity contribution in [3.05, 3.63) is 107 Å². The molecule has 2 aromatic carbocycles. The molecule has 0 radical (unpaired) electrons. The zero-order valence-corrected chi connectivity index (χ0v) is 20.2. The largest absolute Gasteiger partial charge is 0.301 e. The molecule has 1 atom stereocenters. The van der Waals surface area contributed by atoms with Crippen molar-refractivity contribution in [3.63, 3.8) is 0 Å². The van der Waals surface area contributed by atoms with Crippen molar-refractivity contribution in [1.82, 2.24) is 15.0 Å². The molecule has 7 heteroatoms. The molecule has 0 saturated heterocycles. The van der Waals surface area contributed by atoms with Crippen molar-refractivity contribution in [1.29, 1.82) is 0 Å². The van der Waals surface area contributed by atoms with Crippen LogP contribution in [0.4, 0.5) is 9.52 Å². The number of thiazole rings is 1. The van der Waals surface area contributed by atoms with Crippen molar-refractivity contribution >= 4 is 33.1 Å². The summed E-state index contributed by atoms with van der Waals surface area (Å²) >= 11 is 1.38. The van der Waals surface area contributed by atoms with E-state index < -0.39 is 5.41 Å². The van der Waals surface area contributed by atoms with Crippen LogP contribution in [-0.4, -0.2) is 20.9 Å². The van der Waals surface area contributed by atoms with Gasteiger partial charge in [-0.25, -0.2) is 9.37 Å². The maximum atomic E-state index is 14.3. The van der Waals surface area contributed by atoms with Crippen molar-refractivity contribution < 1.29 is 9.18 Å². The average Bonchev–Trinajstić information content (AvgIpc) is 3.37. The molecule has 3 aliphatic rings. The Morgan fingerprint density at radius 2 is 1.67 bits per heavy atom. The summed E-state index contributed by atoms with van der Waals surface area (Å²) in [4.78, 5) is 27.9. The fraction of sp³-hybridized carbons (Fsp3) is 0.172. The van der Waals surface area contributed by atoms with Gasteiger partial charge in [-0.2, -0.15) is 0 Å². The van der Waals surface area contributed by atoms with Crippen LogP contribution in [0.5, 0.6) is 0 Å². The quantitative estimate of drug-likeness (QED) is 0.311. The summed E-state index contributed by atoms with van der Waals surface area (Å²) in [6.45, 7) is 2.04. The van der Waals surface area contributed by atoms with Gasteiger partial charge >= 0.3 is 0 Å². The van der Waals surface area contributed by atoms with Crippen LogP contribution in [0.2, 0.25) is 0 Å². The molecular formula is C29H21FN4OS. The molecule has 8 rings (SSSR count). The van der Waals surface area contributed by atoms with Gasteiger partial charge in [-0.15, -0.1) is 11.3 Å². The van der Waals surface area contributed by atoms with Gasteiger partial charge in [0.2, 0.25) is 5.91 Å². The summed E-state index contributed by atoms with van der Waals surface area (Å²) in [5.74, 6) is -0.472. The first-order valence-corrected chi connectivity index (χ1v) is 12.8. The van der Waals surface area contributed by atoms with E-state index in [4.69, 9.17) is 4.98 Å². The van der Waals surface area contributed by atoms with E-state index >= 15 is 0 Å². The molecule has 1 amide bonds. The summed E-state index contributed by atoms with van der Waals surface area (Å²) in [6.07, 6.45) is 4.27. The van der Waals surface area contributed by atoms with Gasteiger partial charge in [-0.3, -0.25) is 14.8 Å². The van der Waals surface area contributed by atoms with Crippen molar-refractivity contribution in [2.75, 3.05) is 5.32 Å². The Balaban J connectivity index is 1.24. The summed E-state index contributed by atoms with van der Waals surface area (Å²) < 4.78 is 14.3. The van der Waals surface area contributed by atoms with Gasteiger partial charge in [0.25, 0.3) is 0 Å². The lowest BCUT2D eigenvalue weighted by molar-refractivity contribution is -0.126. The first-order chi connectivity index (χ1) is 17.5. The van der Waals surface area contributed by atoms with E-state index in [1.165, 1.54) is 17.4 Å². The maximum Gasteiger partial charge on any atom is 0.233 e. The van der Waals surface area contributed by atoms with Gasteiger partial charge in [-0.1, -0.05) is 36.4 Å². The number of carbonyl (C=O) groups is 1.